The van der Waals surface area contributed by atoms with E-state index in [1.54, 1.807) is 0 Å². The molecule has 0 fully saturated rings. The van der Waals surface area contributed by atoms with E-state index in [1.807, 2.05) is 24.3 Å². The minimum atomic E-state index is 0.499. The molecule has 0 saturated carbocycles. The number of aryl methyl sites for hydroxylation is 1. The Balaban J connectivity index is 1.54. The lowest BCUT2D eigenvalue weighted by Crippen LogP contribution is -1.86. The smallest absolute Gasteiger partial charge is 0.227 e. The van der Waals surface area contributed by atoms with Gasteiger partial charge in [-0.1, -0.05) is 43.7 Å². The van der Waals surface area contributed by atoms with Crippen LogP contribution in [0.1, 0.15) is 30.9 Å². The van der Waals surface area contributed by atoms with Gasteiger partial charge in [-0.25, -0.2) is 9.97 Å². The first-order valence-electron chi connectivity index (χ1n) is 9.45. The molecule has 0 N–H and O–H groups in total. The number of fused-ring (bicyclic) bond motifs is 2. The van der Waals surface area contributed by atoms with Gasteiger partial charge in [0.15, 0.2) is 11.2 Å². The Bertz CT molecular complexity index is 1230. The molecule has 0 aliphatic carbocycles. The van der Waals surface area contributed by atoms with Crippen LogP contribution in [0.3, 0.4) is 0 Å². The van der Waals surface area contributed by atoms with E-state index in [4.69, 9.17) is 8.83 Å². The van der Waals surface area contributed by atoms with E-state index in [9.17, 15) is 0 Å². The Morgan fingerprint density at radius 2 is 1.14 bits per heavy atom. The van der Waals surface area contributed by atoms with Crippen molar-refractivity contribution in [3.05, 3.63) is 71.8 Å². The van der Waals surface area contributed by atoms with Crippen LogP contribution in [0, 0.1) is 6.92 Å². The largest absolute Gasteiger partial charge is 0.436 e. The van der Waals surface area contributed by atoms with Crippen molar-refractivity contribution in [1.82, 2.24) is 9.97 Å². The summed E-state index contributed by atoms with van der Waals surface area (Å²) in [5.74, 6) is 1.71. The highest BCUT2D eigenvalue weighted by Gasteiger charge is 2.14. The zero-order chi connectivity index (χ0) is 19.3. The predicted octanol–water partition coefficient (Wildman–Crippen LogP) is 6.73. The monoisotopic (exact) mass is 368 g/mol. The normalized spacial score (nSPS) is 11.7. The molecule has 4 nitrogen and oxygen atoms in total. The first-order valence-corrected chi connectivity index (χ1v) is 9.45. The number of aromatic nitrogens is 2. The Morgan fingerprint density at radius 3 is 1.61 bits per heavy atom. The highest BCUT2D eigenvalue weighted by molar-refractivity contribution is 5.91. The molecule has 0 atom stereocenters. The van der Waals surface area contributed by atoms with Crippen molar-refractivity contribution in [1.29, 1.82) is 0 Å². The zero-order valence-electron chi connectivity index (χ0n) is 16.1. The molecule has 5 aromatic rings. The Hall–Kier alpha value is -3.40. The average molecular weight is 368 g/mol. The fourth-order valence-corrected chi connectivity index (χ4v) is 3.30. The standard InChI is InChI=1S/C24H20N2O2/c1-14(2)16-8-10-18(11-9-16)24-26-20-13-21-19(12-22(20)28-24)25-23(27-21)17-6-4-15(3)5-7-17/h4-14H,1-3H3. The van der Waals surface area contributed by atoms with Gasteiger partial charge in [0, 0.05) is 23.3 Å². The fourth-order valence-electron chi connectivity index (χ4n) is 3.30. The summed E-state index contributed by atoms with van der Waals surface area (Å²) in [7, 11) is 0. The molecule has 4 heteroatoms. The first kappa shape index (κ1) is 16.8. The molecule has 0 amide bonds. The zero-order valence-corrected chi connectivity index (χ0v) is 16.1. The van der Waals surface area contributed by atoms with Crippen LogP contribution in [0.25, 0.3) is 45.1 Å². The number of rotatable bonds is 3. The third kappa shape index (κ3) is 2.87. The fraction of sp³-hybridized carbons (Fsp3) is 0.167. The second kappa shape index (κ2) is 6.34. The minimum absolute atomic E-state index is 0.499. The van der Waals surface area contributed by atoms with Crippen molar-refractivity contribution in [3.63, 3.8) is 0 Å². The summed E-state index contributed by atoms with van der Waals surface area (Å²) < 4.78 is 12.0. The van der Waals surface area contributed by atoms with Gasteiger partial charge in [-0.05, 0) is 42.7 Å². The van der Waals surface area contributed by atoms with Gasteiger partial charge in [0.2, 0.25) is 11.8 Å². The van der Waals surface area contributed by atoms with E-state index in [2.05, 4.69) is 67.1 Å². The van der Waals surface area contributed by atoms with Crippen LogP contribution in [0.5, 0.6) is 0 Å². The van der Waals surface area contributed by atoms with Gasteiger partial charge in [-0.15, -0.1) is 0 Å². The summed E-state index contributed by atoms with van der Waals surface area (Å²) in [5.41, 5.74) is 7.36. The summed E-state index contributed by atoms with van der Waals surface area (Å²) in [6.07, 6.45) is 0. The van der Waals surface area contributed by atoms with E-state index in [1.165, 1.54) is 11.1 Å². The lowest BCUT2D eigenvalue weighted by atomic mass is 10.0. The Labute approximate surface area is 162 Å². The average Bonchev–Trinajstić information content (AvgIpc) is 3.29. The van der Waals surface area contributed by atoms with Crippen LogP contribution in [0.4, 0.5) is 0 Å². The number of hydrogen-bond donors (Lipinski definition) is 0. The lowest BCUT2D eigenvalue weighted by Gasteiger charge is -2.04. The highest BCUT2D eigenvalue weighted by atomic mass is 16.4. The second-order valence-corrected chi connectivity index (χ2v) is 7.47. The van der Waals surface area contributed by atoms with Crippen LogP contribution >= 0.6 is 0 Å². The molecule has 5 rings (SSSR count). The van der Waals surface area contributed by atoms with E-state index >= 15 is 0 Å². The van der Waals surface area contributed by atoms with Crippen molar-refractivity contribution >= 4 is 22.2 Å². The van der Waals surface area contributed by atoms with Gasteiger partial charge in [-0.2, -0.15) is 0 Å². The van der Waals surface area contributed by atoms with Crippen LogP contribution in [-0.4, -0.2) is 9.97 Å². The van der Waals surface area contributed by atoms with E-state index in [0.717, 1.165) is 22.2 Å². The maximum Gasteiger partial charge on any atom is 0.227 e. The van der Waals surface area contributed by atoms with Gasteiger partial charge in [0.25, 0.3) is 0 Å². The summed E-state index contributed by atoms with van der Waals surface area (Å²) in [6.45, 7) is 6.42. The molecule has 2 heterocycles. The van der Waals surface area contributed by atoms with E-state index < -0.39 is 0 Å². The van der Waals surface area contributed by atoms with Crippen molar-refractivity contribution in [2.45, 2.75) is 26.7 Å². The maximum absolute atomic E-state index is 6.00. The predicted molar refractivity (Wildman–Crippen MR) is 111 cm³/mol. The molecule has 0 aliphatic rings. The SMILES string of the molecule is Cc1ccc(-c2nc3cc4oc(-c5ccc(C(C)C)cc5)nc4cc3o2)cc1. The number of benzene rings is 3. The molecule has 0 spiro atoms. The first-order chi connectivity index (χ1) is 13.6. The molecule has 0 saturated heterocycles. The number of nitrogens with zero attached hydrogens (tertiary/aromatic N) is 2. The summed E-state index contributed by atoms with van der Waals surface area (Å²) in [5, 5.41) is 0. The van der Waals surface area contributed by atoms with Gasteiger partial charge >= 0.3 is 0 Å². The summed E-state index contributed by atoms with van der Waals surface area (Å²) in [4.78, 5) is 9.27. The molecular formula is C24H20N2O2. The lowest BCUT2D eigenvalue weighted by molar-refractivity contribution is 0.618. The van der Waals surface area contributed by atoms with Gasteiger partial charge < -0.3 is 8.83 Å². The van der Waals surface area contributed by atoms with Crippen LogP contribution < -0.4 is 0 Å². The topological polar surface area (TPSA) is 52.1 Å². The molecule has 0 bridgehead atoms. The molecule has 0 unspecified atom stereocenters. The molecule has 3 aromatic carbocycles. The number of oxazole rings is 2. The molecule has 0 radical (unpaired) electrons. The molecule has 28 heavy (non-hydrogen) atoms. The van der Waals surface area contributed by atoms with E-state index in [0.29, 0.717) is 28.9 Å². The van der Waals surface area contributed by atoms with E-state index in [-0.39, 0.29) is 0 Å². The van der Waals surface area contributed by atoms with Gasteiger partial charge in [0.1, 0.15) is 11.0 Å². The molecule has 138 valence electrons. The van der Waals surface area contributed by atoms with Gasteiger partial charge in [-0.3, -0.25) is 0 Å². The van der Waals surface area contributed by atoms with Crippen LogP contribution in [0.15, 0.2) is 69.5 Å². The summed E-state index contributed by atoms with van der Waals surface area (Å²) in [6, 6.07) is 20.3. The molecular weight excluding hydrogens is 348 g/mol. The third-order valence-electron chi connectivity index (χ3n) is 5.02. The minimum Gasteiger partial charge on any atom is -0.436 e. The van der Waals surface area contributed by atoms with Crippen LogP contribution in [0.2, 0.25) is 0 Å². The second-order valence-electron chi connectivity index (χ2n) is 7.47. The number of hydrogen-bond acceptors (Lipinski definition) is 4. The highest BCUT2D eigenvalue weighted by Crippen LogP contribution is 2.31. The Morgan fingerprint density at radius 1 is 0.679 bits per heavy atom. The van der Waals surface area contributed by atoms with Gasteiger partial charge in [0.05, 0.1) is 0 Å². The molecule has 0 aliphatic heterocycles. The van der Waals surface area contributed by atoms with Crippen molar-refractivity contribution in [2.24, 2.45) is 0 Å². The maximum atomic E-state index is 6.00. The van der Waals surface area contributed by atoms with Crippen molar-refractivity contribution in [2.75, 3.05) is 0 Å². The third-order valence-corrected chi connectivity index (χ3v) is 5.02. The van der Waals surface area contributed by atoms with Crippen molar-refractivity contribution < 1.29 is 8.83 Å². The Kier molecular flexibility index (Phi) is 3.79. The molecule has 2 aromatic heterocycles. The van der Waals surface area contributed by atoms with Crippen LogP contribution in [-0.2, 0) is 0 Å². The summed E-state index contributed by atoms with van der Waals surface area (Å²) >= 11 is 0. The quantitative estimate of drug-likeness (QED) is 0.354. The van der Waals surface area contributed by atoms with Crippen molar-refractivity contribution in [3.8, 4) is 22.9 Å².